The van der Waals surface area contributed by atoms with Crippen molar-refractivity contribution in [1.29, 1.82) is 0 Å². The van der Waals surface area contributed by atoms with Crippen molar-refractivity contribution in [3.63, 3.8) is 0 Å². The molecule has 0 unspecified atom stereocenters. The molecule has 5 nitrogen and oxygen atoms in total. The number of hydrogen-bond donors (Lipinski definition) is 1. The lowest BCUT2D eigenvalue weighted by Gasteiger charge is -2.26. The van der Waals surface area contributed by atoms with Crippen LogP contribution in [0, 0.1) is 6.92 Å². The Morgan fingerprint density at radius 2 is 2.12 bits per heavy atom. The SMILES string of the molecule is Cc1cc(N)cc(S(=O)(=O)N2CCCOC2)c1. The predicted octanol–water partition coefficient (Wildman–Crippen LogP) is 0.946. The van der Waals surface area contributed by atoms with Crippen LogP contribution in [0.1, 0.15) is 12.0 Å². The van der Waals surface area contributed by atoms with Crippen molar-refractivity contribution in [2.75, 3.05) is 25.6 Å². The zero-order valence-corrected chi connectivity index (χ0v) is 10.5. The molecule has 0 atom stereocenters. The number of sulfonamides is 1. The van der Waals surface area contributed by atoms with E-state index in [1.54, 1.807) is 12.1 Å². The molecule has 17 heavy (non-hydrogen) atoms. The maximum atomic E-state index is 12.3. The lowest BCUT2D eigenvalue weighted by molar-refractivity contribution is 0.0313. The second kappa shape index (κ2) is 4.64. The van der Waals surface area contributed by atoms with Crippen LogP contribution in [0.25, 0.3) is 0 Å². The number of ether oxygens (including phenoxy) is 1. The third-order valence-corrected chi connectivity index (χ3v) is 4.44. The maximum Gasteiger partial charge on any atom is 0.245 e. The van der Waals surface area contributed by atoms with E-state index in [1.807, 2.05) is 6.92 Å². The minimum absolute atomic E-state index is 0.121. The first kappa shape index (κ1) is 12.3. The van der Waals surface area contributed by atoms with E-state index < -0.39 is 10.0 Å². The van der Waals surface area contributed by atoms with Gasteiger partial charge in [-0.2, -0.15) is 4.31 Å². The van der Waals surface area contributed by atoms with Crippen LogP contribution in [0.15, 0.2) is 23.1 Å². The number of hydrogen-bond acceptors (Lipinski definition) is 4. The first-order chi connectivity index (χ1) is 8.00. The van der Waals surface area contributed by atoms with E-state index in [2.05, 4.69) is 0 Å². The highest BCUT2D eigenvalue weighted by molar-refractivity contribution is 7.89. The molecule has 2 rings (SSSR count). The molecule has 1 aromatic carbocycles. The number of anilines is 1. The minimum Gasteiger partial charge on any atom is -0.399 e. The summed E-state index contributed by atoms with van der Waals surface area (Å²) in [5.74, 6) is 0. The second-order valence-corrected chi connectivity index (χ2v) is 6.09. The van der Waals surface area contributed by atoms with E-state index >= 15 is 0 Å². The number of aryl methyl sites for hydroxylation is 1. The molecule has 6 heteroatoms. The summed E-state index contributed by atoms with van der Waals surface area (Å²) in [6.45, 7) is 3.05. The Kier molecular flexibility index (Phi) is 3.37. The Morgan fingerprint density at radius 1 is 1.35 bits per heavy atom. The first-order valence-corrected chi connectivity index (χ1v) is 6.89. The average Bonchev–Trinajstić information content (AvgIpc) is 2.29. The quantitative estimate of drug-likeness (QED) is 0.799. The number of rotatable bonds is 2. The van der Waals surface area contributed by atoms with Gasteiger partial charge in [0, 0.05) is 18.8 Å². The van der Waals surface area contributed by atoms with E-state index in [0.717, 1.165) is 12.0 Å². The third-order valence-electron chi connectivity index (χ3n) is 2.64. The molecule has 0 aromatic heterocycles. The zero-order valence-electron chi connectivity index (χ0n) is 9.72. The molecule has 2 N–H and O–H groups in total. The molecule has 94 valence electrons. The lowest BCUT2D eigenvalue weighted by Crippen LogP contribution is -2.38. The highest BCUT2D eigenvalue weighted by atomic mass is 32.2. The van der Waals surface area contributed by atoms with Crippen LogP contribution in [-0.2, 0) is 14.8 Å². The lowest BCUT2D eigenvalue weighted by atomic mass is 10.2. The number of benzene rings is 1. The van der Waals surface area contributed by atoms with Crippen molar-refractivity contribution < 1.29 is 13.2 Å². The van der Waals surface area contributed by atoms with E-state index in [4.69, 9.17) is 10.5 Å². The Balaban J connectivity index is 2.36. The van der Waals surface area contributed by atoms with Crippen molar-refractivity contribution in [2.24, 2.45) is 0 Å². The van der Waals surface area contributed by atoms with Gasteiger partial charge in [0.15, 0.2) is 0 Å². The summed E-state index contributed by atoms with van der Waals surface area (Å²) in [6.07, 6.45) is 0.723. The van der Waals surface area contributed by atoms with Gasteiger partial charge in [0.05, 0.1) is 4.90 Å². The molecular formula is C11H16N2O3S. The van der Waals surface area contributed by atoms with Crippen molar-refractivity contribution in [3.05, 3.63) is 23.8 Å². The van der Waals surface area contributed by atoms with Crippen LogP contribution in [0.3, 0.4) is 0 Å². The summed E-state index contributed by atoms with van der Waals surface area (Å²) >= 11 is 0. The molecule has 1 saturated heterocycles. The van der Waals surface area contributed by atoms with E-state index in [0.29, 0.717) is 18.8 Å². The Labute approximate surface area is 101 Å². The Morgan fingerprint density at radius 3 is 2.71 bits per heavy atom. The van der Waals surface area contributed by atoms with Crippen molar-refractivity contribution in [1.82, 2.24) is 4.31 Å². The summed E-state index contributed by atoms with van der Waals surface area (Å²) in [4.78, 5) is 0.237. The van der Waals surface area contributed by atoms with Crippen molar-refractivity contribution in [3.8, 4) is 0 Å². The smallest absolute Gasteiger partial charge is 0.245 e. The molecule has 0 spiro atoms. The second-order valence-electron chi connectivity index (χ2n) is 4.15. The molecule has 0 amide bonds. The number of nitrogens with zero attached hydrogens (tertiary/aromatic N) is 1. The summed E-state index contributed by atoms with van der Waals surface area (Å²) in [7, 11) is -3.48. The van der Waals surface area contributed by atoms with Crippen molar-refractivity contribution in [2.45, 2.75) is 18.2 Å². The number of nitrogens with two attached hydrogens (primary N) is 1. The summed E-state index contributed by atoms with van der Waals surface area (Å²) in [5.41, 5.74) is 6.97. The molecular weight excluding hydrogens is 240 g/mol. The standard InChI is InChI=1S/C11H16N2O3S/c1-9-5-10(12)7-11(6-9)17(14,15)13-3-2-4-16-8-13/h5-7H,2-4,8,12H2,1H3. The van der Waals surface area contributed by atoms with Gasteiger partial charge in [0.25, 0.3) is 0 Å². The Bertz CT molecular complexity index is 487. The maximum absolute atomic E-state index is 12.3. The van der Waals surface area contributed by atoms with E-state index in [1.165, 1.54) is 10.4 Å². The summed E-state index contributed by atoms with van der Waals surface area (Å²) in [5, 5.41) is 0. The molecule has 0 aliphatic carbocycles. The highest BCUT2D eigenvalue weighted by Gasteiger charge is 2.26. The zero-order chi connectivity index (χ0) is 12.5. The van der Waals surface area contributed by atoms with Gasteiger partial charge in [-0.15, -0.1) is 0 Å². The van der Waals surface area contributed by atoms with Gasteiger partial charge in [0.1, 0.15) is 6.73 Å². The highest BCUT2D eigenvalue weighted by Crippen LogP contribution is 2.21. The van der Waals surface area contributed by atoms with Gasteiger partial charge in [-0.1, -0.05) is 0 Å². The van der Waals surface area contributed by atoms with Gasteiger partial charge in [-0.25, -0.2) is 8.42 Å². The van der Waals surface area contributed by atoms with E-state index in [-0.39, 0.29) is 11.6 Å². The van der Waals surface area contributed by atoms with Crippen LogP contribution in [0.5, 0.6) is 0 Å². The molecule has 1 aromatic rings. The molecule has 1 aliphatic heterocycles. The fourth-order valence-electron chi connectivity index (χ4n) is 1.84. The van der Waals surface area contributed by atoms with Crippen LogP contribution >= 0.6 is 0 Å². The van der Waals surface area contributed by atoms with Gasteiger partial charge in [-0.05, 0) is 37.1 Å². The van der Waals surface area contributed by atoms with Gasteiger partial charge in [-0.3, -0.25) is 0 Å². The van der Waals surface area contributed by atoms with E-state index in [9.17, 15) is 8.42 Å². The molecule has 1 aliphatic rings. The van der Waals surface area contributed by atoms with Crippen LogP contribution in [0.2, 0.25) is 0 Å². The van der Waals surface area contributed by atoms with Gasteiger partial charge in [0.2, 0.25) is 10.0 Å². The normalized spacial score (nSPS) is 18.2. The topological polar surface area (TPSA) is 72.6 Å². The largest absolute Gasteiger partial charge is 0.399 e. The fraction of sp³-hybridized carbons (Fsp3) is 0.455. The summed E-state index contributed by atoms with van der Waals surface area (Å²) < 4.78 is 31.1. The monoisotopic (exact) mass is 256 g/mol. The van der Waals surface area contributed by atoms with Crippen LogP contribution in [-0.4, -0.2) is 32.6 Å². The third kappa shape index (κ3) is 2.59. The molecule has 0 bridgehead atoms. The minimum atomic E-state index is -3.48. The van der Waals surface area contributed by atoms with Gasteiger partial charge >= 0.3 is 0 Å². The van der Waals surface area contributed by atoms with Crippen molar-refractivity contribution >= 4 is 15.7 Å². The molecule has 1 heterocycles. The van der Waals surface area contributed by atoms with Crippen LogP contribution in [0.4, 0.5) is 5.69 Å². The molecule has 0 radical (unpaired) electrons. The summed E-state index contributed by atoms with van der Waals surface area (Å²) in [6, 6.07) is 4.85. The fourth-order valence-corrected chi connectivity index (χ4v) is 3.34. The average molecular weight is 256 g/mol. The van der Waals surface area contributed by atoms with Crippen LogP contribution < -0.4 is 5.73 Å². The van der Waals surface area contributed by atoms with Gasteiger partial charge < -0.3 is 10.5 Å². The molecule has 1 fully saturated rings. The first-order valence-electron chi connectivity index (χ1n) is 5.45. The number of nitrogen functional groups attached to an aromatic ring is 1. The predicted molar refractivity (Wildman–Crippen MR) is 64.9 cm³/mol. The molecule has 0 saturated carbocycles. The Hall–Kier alpha value is -1.11.